The zero-order chi connectivity index (χ0) is 10.2. The van der Waals surface area contributed by atoms with Crippen LogP contribution in [0.3, 0.4) is 0 Å². The maximum Gasteiger partial charge on any atom is 0.133 e. The summed E-state index contributed by atoms with van der Waals surface area (Å²) >= 11 is 0. The minimum atomic E-state index is -1.000. The number of anilines is 1. The lowest BCUT2D eigenvalue weighted by molar-refractivity contribution is 0.667. The van der Waals surface area contributed by atoms with Crippen LogP contribution in [0.5, 0.6) is 0 Å². The third-order valence-corrected chi connectivity index (χ3v) is 3.98. The number of nitrogens with zero attached hydrogens (tertiary/aromatic N) is 1. The SMILES string of the molecule is CC1(C)C=CN(c2ccccc2)S1=O. The second kappa shape index (κ2) is 3.24. The Balaban J connectivity index is 2.33. The molecule has 3 heteroatoms. The van der Waals surface area contributed by atoms with Crippen molar-refractivity contribution < 1.29 is 4.21 Å². The van der Waals surface area contributed by atoms with Crippen molar-refractivity contribution in [3.8, 4) is 0 Å². The van der Waals surface area contributed by atoms with Crippen LogP contribution < -0.4 is 4.31 Å². The number of benzene rings is 1. The minimum absolute atomic E-state index is 0.254. The van der Waals surface area contributed by atoms with Crippen LogP contribution in [0.4, 0.5) is 5.69 Å². The second-order valence-corrected chi connectivity index (χ2v) is 5.77. The molecule has 0 saturated heterocycles. The standard InChI is InChI=1S/C11H13NOS/c1-11(2)8-9-12(14(11)13)10-6-4-3-5-7-10/h3-9H,1-2H3. The van der Waals surface area contributed by atoms with Crippen LogP contribution in [0, 0.1) is 0 Å². The summed E-state index contributed by atoms with van der Waals surface area (Å²) in [6.45, 7) is 3.95. The third-order valence-electron chi connectivity index (χ3n) is 2.25. The summed E-state index contributed by atoms with van der Waals surface area (Å²) in [4.78, 5) is 0. The molecule has 0 N–H and O–H groups in total. The molecule has 2 nitrogen and oxygen atoms in total. The Morgan fingerprint density at radius 3 is 2.36 bits per heavy atom. The number of hydrogen-bond acceptors (Lipinski definition) is 1. The van der Waals surface area contributed by atoms with Gasteiger partial charge in [-0.15, -0.1) is 0 Å². The highest BCUT2D eigenvalue weighted by Gasteiger charge is 2.33. The molecule has 74 valence electrons. The summed E-state index contributed by atoms with van der Waals surface area (Å²) in [5, 5.41) is 0. The van der Waals surface area contributed by atoms with Crippen molar-refractivity contribution in [1.29, 1.82) is 0 Å². The van der Waals surface area contributed by atoms with Crippen molar-refractivity contribution in [2.45, 2.75) is 18.6 Å². The molecule has 0 aliphatic carbocycles. The van der Waals surface area contributed by atoms with E-state index in [0.717, 1.165) is 5.69 Å². The molecule has 0 aromatic heterocycles. The first-order valence-corrected chi connectivity index (χ1v) is 5.67. The molecule has 1 atom stereocenters. The Labute approximate surface area is 86.8 Å². The zero-order valence-corrected chi connectivity index (χ0v) is 9.12. The maximum absolute atomic E-state index is 12.0. The fourth-order valence-corrected chi connectivity index (χ4v) is 2.54. The van der Waals surface area contributed by atoms with E-state index in [1.54, 1.807) is 4.31 Å². The Kier molecular flexibility index (Phi) is 2.19. The van der Waals surface area contributed by atoms with E-state index >= 15 is 0 Å². The molecule has 1 aromatic carbocycles. The Morgan fingerprint density at radius 1 is 1.21 bits per heavy atom. The highest BCUT2D eigenvalue weighted by Crippen LogP contribution is 2.30. The zero-order valence-electron chi connectivity index (χ0n) is 8.31. The number of para-hydroxylation sites is 1. The quantitative estimate of drug-likeness (QED) is 0.692. The van der Waals surface area contributed by atoms with Gasteiger partial charge in [0.15, 0.2) is 0 Å². The van der Waals surface area contributed by atoms with Crippen molar-refractivity contribution in [3.05, 3.63) is 42.6 Å². The minimum Gasteiger partial charge on any atom is -0.267 e. The van der Waals surface area contributed by atoms with E-state index in [1.165, 1.54) is 0 Å². The summed E-state index contributed by atoms with van der Waals surface area (Å²) in [5.74, 6) is 0. The van der Waals surface area contributed by atoms with Crippen LogP contribution in [-0.2, 0) is 11.0 Å². The smallest absolute Gasteiger partial charge is 0.133 e. The normalized spacial score (nSPS) is 24.1. The van der Waals surface area contributed by atoms with Crippen molar-refractivity contribution in [2.75, 3.05) is 4.31 Å². The highest BCUT2D eigenvalue weighted by atomic mass is 32.2. The van der Waals surface area contributed by atoms with E-state index in [1.807, 2.05) is 56.5 Å². The van der Waals surface area contributed by atoms with Gasteiger partial charge in [-0.3, -0.25) is 4.31 Å². The molecule has 0 radical (unpaired) electrons. The van der Waals surface area contributed by atoms with E-state index in [-0.39, 0.29) is 4.75 Å². The van der Waals surface area contributed by atoms with Gasteiger partial charge in [-0.2, -0.15) is 0 Å². The fourth-order valence-electron chi connectivity index (χ4n) is 1.37. The van der Waals surface area contributed by atoms with Gasteiger partial charge in [0.1, 0.15) is 11.0 Å². The lowest BCUT2D eigenvalue weighted by Gasteiger charge is -2.20. The van der Waals surface area contributed by atoms with E-state index in [9.17, 15) is 4.21 Å². The van der Waals surface area contributed by atoms with Crippen LogP contribution in [0.25, 0.3) is 0 Å². The summed E-state index contributed by atoms with van der Waals surface area (Å²) in [5.41, 5.74) is 0.979. The molecule has 1 aromatic rings. The van der Waals surface area contributed by atoms with E-state index < -0.39 is 11.0 Å². The van der Waals surface area contributed by atoms with Crippen molar-refractivity contribution in [3.63, 3.8) is 0 Å². The summed E-state index contributed by atoms with van der Waals surface area (Å²) < 4.78 is 13.6. The first-order valence-electron chi connectivity index (χ1n) is 4.57. The molecule has 0 spiro atoms. The molecular weight excluding hydrogens is 194 g/mol. The monoisotopic (exact) mass is 207 g/mol. The average molecular weight is 207 g/mol. The Bertz CT molecular complexity index is 384. The van der Waals surface area contributed by atoms with Gasteiger partial charge in [-0.05, 0) is 32.1 Å². The maximum atomic E-state index is 12.0. The first kappa shape index (κ1) is 9.46. The molecule has 1 heterocycles. The Morgan fingerprint density at radius 2 is 1.86 bits per heavy atom. The van der Waals surface area contributed by atoms with Crippen molar-refractivity contribution in [2.24, 2.45) is 0 Å². The van der Waals surface area contributed by atoms with Crippen LogP contribution in [0.2, 0.25) is 0 Å². The highest BCUT2D eigenvalue weighted by molar-refractivity contribution is 7.88. The molecule has 0 amide bonds. The predicted octanol–water partition coefficient (Wildman–Crippen LogP) is 2.46. The second-order valence-electron chi connectivity index (χ2n) is 3.83. The van der Waals surface area contributed by atoms with Gasteiger partial charge in [0.2, 0.25) is 0 Å². The topological polar surface area (TPSA) is 20.3 Å². The lowest BCUT2D eigenvalue weighted by Crippen LogP contribution is -2.28. The fraction of sp³-hybridized carbons (Fsp3) is 0.273. The molecule has 1 aliphatic rings. The number of rotatable bonds is 1. The van der Waals surface area contributed by atoms with Gasteiger partial charge in [-0.1, -0.05) is 18.2 Å². The molecule has 0 saturated carbocycles. The van der Waals surface area contributed by atoms with Gasteiger partial charge in [0, 0.05) is 6.20 Å². The molecular formula is C11H13NOS. The largest absolute Gasteiger partial charge is 0.267 e. The van der Waals surface area contributed by atoms with Gasteiger partial charge in [0.05, 0.1) is 10.4 Å². The average Bonchev–Trinajstić information content (AvgIpc) is 2.44. The van der Waals surface area contributed by atoms with Crippen molar-refractivity contribution in [1.82, 2.24) is 0 Å². The van der Waals surface area contributed by atoms with Gasteiger partial charge in [0.25, 0.3) is 0 Å². The lowest BCUT2D eigenvalue weighted by atomic mass is 10.2. The number of hydrogen-bond donors (Lipinski definition) is 0. The molecule has 0 fully saturated rings. The first-order chi connectivity index (χ1) is 6.61. The van der Waals surface area contributed by atoms with Gasteiger partial charge in [-0.25, -0.2) is 4.21 Å². The van der Waals surface area contributed by atoms with Crippen LogP contribution >= 0.6 is 0 Å². The molecule has 0 bridgehead atoms. The summed E-state index contributed by atoms with van der Waals surface area (Å²) in [6, 6.07) is 9.78. The molecule has 1 aliphatic heterocycles. The van der Waals surface area contributed by atoms with Crippen LogP contribution in [-0.4, -0.2) is 8.96 Å². The molecule has 14 heavy (non-hydrogen) atoms. The Hall–Kier alpha value is -1.09. The summed E-state index contributed by atoms with van der Waals surface area (Å²) in [6.07, 6.45) is 3.88. The predicted molar refractivity (Wildman–Crippen MR) is 60.3 cm³/mol. The van der Waals surface area contributed by atoms with Gasteiger partial charge >= 0.3 is 0 Å². The van der Waals surface area contributed by atoms with E-state index in [2.05, 4.69) is 0 Å². The molecule has 2 rings (SSSR count). The summed E-state index contributed by atoms with van der Waals surface area (Å²) in [7, 11) is -1.000. The third kappa shape index (κ3) is 1.48. The van der Waals surface area contributed by atoms with Gasteiger partial charge < -0.3 is 0 Å². The van der Waals surface area contributed by atoms with Crippen LogP contribution in [0.15, 0.2) is 42.6 Å². The van der Waals surface area contributed by atoms with Crippen LogP contribution in [0.1, 0.15) is 13.8 Å². The van der Waals surface area contributed by atoms with E-state index in [0.29, 0.717) is 0 Å². The molecule has 1 unspecified atom stereocenters. The van der Waals surface area contributed by atoms with Crippen molar-refractivity contribution >= 4 is 16.7 Å². The van der Waals surface area contributed by atoms with E-state index in [4.69, 9.17) is 0 Å².